The zero-order valence-electron chi connectivity index (χ0n) is 18.2. The van der Waals surface area contributed by atoms with Gasteiger partial charge in [0.25, 0.3) is 5.56 Å². The maximum Gasteiger partial charge on any atom is 0.391 e. The molecule has 4 rings (SSSR count). The molecule has 4 atom stereocenters. The second kappa shape index (κ2) is 10.4. The Morgan fingerprint density at radius 1 is 1.24 bits per heavy atom. The Morgan fingerprint density at radius 2 is 1.91 bits per heavy atom. The molecule has 0 bridgehead atoms. The highest BCUT2D eigenvalue weighted by molar-refractivity contribution is 7.13. The lowest BCUT2D eigenvalue weighted by Crippen LogP contribution is -2.41. The van der Waals surface area contributed by atoms with Gasteiger partial charge >= 0.3 is 6.18 Å². The van der Waals surface area contributed by atoms with Gasteiger partial charge in [-0.2, -0.15) is 18.2 Å². The molecule has 1 aliphatic carbocycles. The first-order valence-corrected chi connectivity index (χ1v) is 11.6. The van der Waals surface area contributed by atoms with Crippen molar-refractivity contribution in [3.63, 3.8) is 0 Å². The summed E-state index contributed by atoms with van der Waals surface area (Å²) in [6.45, 7) is 1.63. The molecule has 2 aromatic heterocycles. The summed E-state index contributed by atoms with van der Waals surface area (Å²) in [5.41, 5.74) is 0.341. The predicted molar refractivity (Wildman–Crippen MR) is 124 cm³/mol. The van der Waals surface area contributed by atoms with E-state index in [4.69, 9.17) is 0 Å². The van der Waals surface area contributed by atoms with Gasteiger partial charge in [-0.3, -0.25) is 9.78 Å². The summed E-state index contributed by atoms with van der Waals surface area (Å²) in [4.78, 5) is 26.2. The first-order valence-electron chi connectivity index (χ1n) is 10.7. The van der Waals surface area contributed by atoms with E-state index in [2.05, 4.69) is 20.3 Å². The number of anilines is 2. The zero-order chi connectivity index (χ0) is 23.9. The van der Waals surface area contributed by atoms with Crippen molar-refractivity contribution in [3.8, 4) is 10.6 Å². The second-order valence-corrected chi connectivity index (χ2v) is 9.48. The summed E-state index contributed by atoms with van der Waals surface area (Å²) in [6, 6.07) is -0.685. The van der Waals surface area contributed by atoms with Crippen LogP contribution in [0.15, 0.2) is 10.2 Å². The first kappa shape index (κ1) is 26.7. The van der Waals surface area contributed by atoms with Crippen LogP contribution in [-0.4, -0.2) is 74.4 Å². The van der Waals surface area contributed by atoms with Gasteiger partial charge in [-0.15, -0.1) is 23.7 Å². The Kier molecular flexibility index (Phi) is 8.13. The summed E-state index contributed by atoms with van der Waals surface area (Å²) in [5, 5.41) is 35.2. The van der Waals surface area contributed by atoms with Crippen molar-refractivity contribution < 1.29 is 28.5 Å². The molecule has 0 radical (unpaired) electrons. The van der Waals surface area contributed by atoms with Crippen LogP contribution >= 0.6 is 23.7 Å². The maximum atomic E-state index is 13.0. The number of nitrogens with one attached hydrogen (secondary N) is 2. The van der Waals surface area contributed by atoms with Gasteiger partial charge in [0.05, 0.1) is 18.1 Å². The normalized spacial score (nSPS) is 25.9. The second-order valence-electron chi connectivity index (χ2n) is 8.62. The Labute approximate surface area is 203 Å². The van der Waals surface area contributed by atoms with Gasteiger partial charge in [0.1, 0.15) is 22.5 Å². The van der Waals surface area contributed by atoms with Crippen molar-refractivity contribution in [2.24, 2.45) is 11.8 Å². The van der Waals surface area contributed by atoms with Crippen LogP contribution in [0.3, 0.4) is 0 Å². The fourth-order valence-electron chi connectivity index (χ4n) is 4.43. The maximum absolute atomic E-state index is 13.0. The van der Waals surface area contributed by atoms with Gasteiger partial charge in [-0.1, -0.05) is 0 Å². The van der Waals surface area contributed by atoms with Crippen LogP contribution in [0.2, 0.25) is 0 Å². The average molecular weight is 526 g/mol. The molecule has 14 heteroatoms. The van der Waals surface area contributed by atoms with E-state index in [0.29, 0.717) is 10.7 Å². The molecular weight excluding hydrogens is 499 g/mol. The van der Waals surface area contributed by atoms with E-state index in [1.807, 2.05) is 0 Å². The number of aliphatic hydroxyl groups excluding tert-OH is 3. The van der Waals surface area contributed by atoms with E-state index in [9.17, 15) is 33.3 Å². The fraction of sp³-hybridized carbons (Fsp3) is 0.650. The highest BCUT2D eigenvalue weighted by Crippen LogP contribution is 2.36. The molecule has 0 amide bonds. The molecule has 0 aromatic carbocycles. The van der Waals surface area contributed by atoms with Gasteiger partial charge in [-0.25, -0.2) is 4.98 Å². The van der Waals surface area contributed by atoms with Crippen molar-refractivity contribution >= 4 is 35.5 Å². The number of thiazole rings is 1. The molecular formula is C20H27ClF3N5O4S. The van der Waals surface area contributed by atoms with Crippen molar-refractivity contribution in [2.45, 2.75) is 50.6 Å². The highest BCUT2D eigenvalue weighted by Gasteiger charge is 2.43. The van der Waals surface area contributed by atoms with E-state index < -0.39 is 41.8 Å². The number of hydrogen-bond acceptors (Lipinski definition) is 9. The molecule has 2 aromatic rings. The number of aryl methyl sites for hydroxylation is 1. The highest BCUT2D eigenvalue weighted by atomic mass is 35.5. The summed E-state index contributed by atoms with van der Waals surface area (Å²) in [6.07, 6.45) is -6.55. The number of aromatic nitrogens is 3. The lowest BCUT2D eigenvalue weighted by atomic mass is 9.96. The van der Waals surface area contributed by atoms with Crippen LogP contribution in [0, 0.1) is 18.8 Å². The molecule has 1 aliphatic heterocycles. The minimum Gasteiger partial charge on any atom is -0.396 e. The summed E-state index contributed by atoms with van der Waals surface area (Å²) in [7, 11) is 0. The third-order valence-electron chi connectivity index (χ3n) is 6.36. The molecule has 1 saturated heterocycles. The first-order chi connectivity index (χ1) is 15.6. The van der Waals surface area contributed by atoms with Gasteiger partial charge in [-0.05, 0) is 26.2 Å². The van der Waals surface area contributed by atoms with Gasteiger partial charge in [0.2, 0.25) is 5.95 Å². The van der Waals surface area contributed by atoms with Crippen LogP contribution in [-0.2, 0) is 0 Å². The lowest BCUT2D eigenvalue weighted by Gasteiger charge is -2.33. The molecule has 3 heterocycles. The quantitative estimate of drug-likeness (QED) is 0.400. The molecule has 9 nitrogen and oxygen atoms in total. The Bertz CT molecular complexity index is 1040. The molecule has 190 valence electrons. The van der Waals surface area contributed by atoms with Crippen molar-refractivity contribution in [1.82, 2.24) is 15.0 Å². The van der Waals surface area contributed by atoms with Crippen LogP contribution < -0.4 is 15.8 Å². The monoisotopic (exact) mass is 525 g/mol. The molecule has 0 unspecified atom stereocenters. The Morgan fingerprint density at radius 3 is 2.44 bits per heavy atom. The smallest absolute Gasteiger partial charge is 0.391 e. The lowest BCUT2D eigenvalue weighted by molar-refractivity contribution is -0.179. The van der Waals surface area contributed by atoms with E-state index in [-0.39, 0.29) is 68.7 Å². The van der Waals surface area contributed by atoms with Gasteiger partial charge < -0.3 is 25.5 Å². The largest absolute Gasteiger partial charge is 0.396 e. The molecule has 2 fully saturated rings. The number of piperidine rings is 1. The summed E-state index contributed by atoms with van der Waals surface area (Å²) >= 11 is 1.24. The predicted octanol–water partition coefficient (Wildman–Crippen LogP) is 1.92. The van der Waals surface area contributed by atoms with Crippen LogP contribution in [0.1, 0.15) is 25.0 Å². The van der Waals surface area contributed by atoms with E-state index >= 15 is 0 Å². The number of alkyl halides is 3. The average Bonchev–Trinajstić information content (AvgIpc) is 3.31. The standard InChI is InChI=1S/C20H26F3N5O4S.ClH/c1-9-8-33-18(24-9)13-16(25-12-6-10(7-29)14(30)15(12)31)26-19(27-17(13)32)28-4-2-11(3-5-28)20(21,22)23;/h8,10-12,14-15,29-31H,2-7H2,1H3,(H2,25,26,27,32);1H/t10-,12-,14-,15+;/m1./s1. The minimum absolute atomic E-state index is 0. The van der Waals surface area contributed by atoms with Crippen LogP contribution in [0.4, 0.5) is 24.9 Å². The number of aromatic amines is 1. The summed E-state index contributed by atoms with van der Waals surface area (Å²) < 4.78 is 39.1. The SMILES string of the molecule is Cc1csc(-c2c(N[C@@H]3C[C@H](CO)[C@@H](O)[C@H]3O)nc(N3CCC(C(F)(F)F)CC3)[nH]c2=O)n1.Cl. The molecule has 1 saturated carbocycles. The third kappa shape index (κ3) is 5.33. The zero-order valence-corrected chi connectivity index (χ0v) is 19.9. The molecule has 34 heavy (non-hydrogen) atoms. The van der Waals surface area contributed by atoms with Gasteiger partial charge in [0.15, 0.2) is 0 Å². The van der Waals surface area contributed by atoms with Crippen LogP contribution in [0.25, 0.3) is 10.6 Å². The van der Waals surface area contributed by atoms with Crippen molar-refractivity contribution in [2.75, 3.05) is 29.9 Å². The van der Waals surface area contributed by atoms with Gasteiger partial charge in [0, 0.05) is 36.7 Å². The van der Waals surface area contributed by atoms with Crippen LogP contribution in [0.5, 0.6) is 0 Å². The molecule has 5 N–H and O–H groups in total. The Hall–Kier alpha value is -1.93. The fourth-order valence-corrected chi connectivity index (χ4v) is 5.26. The Balaban J connectivity index is 0.00000324. The number of H-pyrrole nitrogens is 1. The minimum atomic E-state index is -4.26. The molecule has 0 spiro atoms. The van der Waals surface area contributed by atoms with Crippen molar-refractivity contribution in [1.29, 1.82) is 0 Å². The summed E-state index contributed by atoms with van der Waals surface area (Å²) in [5.74, 6) is -1.67. The number of aliphatic hydroxyl groups is 3. The number of halogens is 4. The number of rotatable bonds is 5. The number of nitrogens with zero attached hydrogens (tertiary/aromatic N) is 3. The van der Waals surface area contributed by atoms with E-state index in [0.717, 1.165) is 0 Å². The van der Waals surface area contributed by atoms with Crippen molar-refractivity contribution in [3.05, 3.63) is 21.4 Å². The molecule has 2 aliphatic rings. The van der Waals surface area contributed by atoms with E-state index in [1.165, 1.54) is 11.3 Å². The third-order valence-corrected chi connectivity index (χ3v) is 7.33. The number of hydrogen-bond donors (Lipinski definition) is 5. The topological polar surface area (TPSA) is 135 Å². The van der Waals surface area contributed by atoms with E-state index in [1.54, 1.807) is 17.2 Å².